The molecule has 0 spiro atoms. The lowest BCUT2D eigenvalue weighted by atomic mass is 10.00. The zero-order chi connectivity index (χ0) is 45.2. The molecule has 0 saturated carbocycles. The van der Waals surface area contributed by atoms with Crippen LogP contribution in [-0.2, 0) is 19.2 Å². The number of unbranched alkanes of at least 4 members (excludes halogenated alkanes) is 26. The molecule has 364 valence electrons. The second kappa shape index (κ2) is 35.6. The SMILES string of the molecule is CCCCCCCCCCCCCCCCNC(=O)CCC(NC(=O)N1CCCC1C(=O)C1CCCN1C(=O)C1CCCN1)C(=O)NCCCCCCCCCCCCCCCC. The van der Waals surface area contributed by atoms with Crippen molar-refractivity contribution in [1.82, 2.24) is 31.1 Å². The second-order valence-electron chi connectivity index (χ2n) is 19.5. The van der Waals surface area contributed by atoms with Crippen LogP contribution in [0, 0.1) is 0 Å². The molecule has 4 N–H and O–H groups in total. The van der Waals surface area contributed by atoms with E-state index in [-0.39, 0.29) is 42.4 Å². The normalized spacial score (nSPS) is 19.1. The molecule has 0 aromatic heterocycles. The van der Waals surface area contributed by atoms with Crippen LogP contribution in [0.3, 0.4) is 0 Å². The Kier molecular flexibility index (Phi) is 30.8. The van der Waals surface area contributed by atoms with Crippen LogP contribution in [0.5, 0.6) is 0 Å². The molecule has 4 unspecified atom stereocenters. The molecule has 3 rings (SSSR count). The van der Waals surface area contributed by atoms with Crippen LogP contribution in [0.1, 0.15) is 245 Å². The summed E-state index contributed by atoms with van der Waals surface area (Å²) in [4.78, 5) is 71.1. The van der Waals surface area contributed by atoms with Crippen molar-refractivity contribution in [1.29, 1.82) is 0 Å². The van der Waals surface area contributed by atoms with Crippen molar-refractivity contribution in [3.63, 3.8) is 0 Å². The molecule has 4 atom stereocenters. The van der Waals surface area contributed by atoms with Crippen LogP contribution < -0.4 is 21.3 Å². The molecule has 0 aliphatic carbocycles. The summed E-state index contributed by atoms with van der Waals surface area (Å²) >= 11 is 0. The largest absolute Gasteiger partial charge is 0.356 e. The van der Waals surface area contributed by atoms with E-state index in [0.29, 0.717) is 45.4 Å². The van der Waals surface area contributed by atoms with Gasteiger partial charge in [0.15, 0.2) is 5.78 Å². The third-order valence-corrected chi connectivity index (χ3v) is 14.0. The van der Waals surface area contributed by atoms with Gasteiger partial charge in [-0.25, -0.2) is 4.79 Å². The van der Waals surface area contributed by atoms with Crippen molar-refractivity contribution in [3.05, 3.63) is 0 Å². The van der Waals surface area contributed by atoms with Crippen LogP contribution in [-0.4, -0.2) is 96.2 Å². The highest BCUT2D eigenvalue weighted by Gasteiger charge is 2.44. The summed E-state index contributed by atoms with van der Waals surface area (Å²) in [5, 5.41) is 12.3. The van der Waals surface area contributed by atoms with Gasteiger partial charge in [0.05, 0.1) is 18.1 Å². The number of rotatable bonds is 38. The highest BCUT2D eigenvalue weighted by Crippen LogP contribution is 2.27. The molecular weight excluding hydrogens is 789 g/mol. The number of amides is 5. The quantitative estimate of drug-likeness (QED) is 0.0455. The average Bonchev–Trinajstić information content (AvgIpc) is 4.11. The van der Waals surface area contributed by atoms with Gasteiger partial charge >= 0.3 is 6.03 Å². The van der Waals surface area contributed by atoms with Crippen LogP contribution in [0.4, 0.5) is 4.79 Å². The molecule has 3 aliphatic rings. The first-order valence-corrected chi connectivity index (χ1v) is 27.1. The predicted octanol–water partition coefficient (Wildman–Crippen LogP) is 10.8. The maximum Gasteiger partial charge on any atom is 0.318 e. The fourth-order valence-corrected chi connectivity index (χ4v) is 10.0. The Morgan fingerprint density at radius 1 is 0.524 bits per heavy atom. The Labute approximate surface area is 385 Å². The van der Waals surface area contributed by atoms with Crippen molar-refractivity contribution in [2.75, 3.05) is 32.7 Å². The summed E-state index contributed by atoms with van der Waals surface area (Å²) < 4.78 is 0. The number of likely N-dealkylation sites (tertiary alicyclic amines) is 2. The van der Waals surface area contributed by atoms with Crippen LogP contribution in [0.15, 0.2) is 0 Å². The molecule has 3 aliphatic heterocycles. The van der Waals surface area contributed by atoms with E-state index in [2.05, 4.69) is 35.1 Å². The number of nitrogens with zero attached hydrogens (tertiary/aromatic N) is 2. The van der Waals surface area contributed by atoms with Gasteiger partial charge in [-0.2, -0.15) is 0 Å². The minimum absolute atomic E-state index is 0.00416. The predicted molar refractivity (Wildman–Crippen MR) is 259 cm³/mol. The maximum absolute atomic E-state index is 14.0. The molecule has 0 bridgehead atoms. The Balaban J connectivity index is 1.39. The lowest BCUT2D eigenvalue weighted by molar-refractivity contribution is -0.140. The number of ketones is 1. The molecule has 0 aromatic rings. The molecule has 11 heteroatoms. The third kappa shape index (κ3) is 23.4. The van der Waals surface area contributed by atoms with E-state index in [1.54, 1.807) is 9.80 Å². The summed E-state index contributed by atoms with van der Waals surface area (Å²) in [6, 6.07) is -2.72. The smallest absolute Gasteiger partial charge is 0.318 e. The first-order chi connectivity index (χ1) is 30.9. The highest BCUT2D eigenvalue weighted by atomic mass is 16.2. The van der Waals surface area contributed by atoms with E-state index in [4.69, 9.17) is 0 Å². The fraction of sp³-hybridized carbons (Fsp3) is 0.904. The highest BCUT2D eigenvalue weighted by molar-refractivity contribution is 5.97. The van der Waals surface area contributed by atoms with E-state index < -0.39 is 24.2 Å². The molecule has 3 fully saturated rings. The van der Waals surface area contributed by atoms with E-state index in [9.17, 15) is 24.0 Å². The van der Waals surface area contributed by atoms with Gasteiger partial charge in [-0.05, 0) is 64.3 Å². The zero-order valence-corrected chi connectivity index (χ0v) is 40.7. The van der Waals surface area contributed by atoms with Gasteiger partial charge in [0, 0.05) is 32.6 Å². The third-order valence-electron chi connectivity index (χ3n) is 14.0. The van der Waals surface area contributed by atoms with Crippen molar-refractivity contribution in [2.45, 2.75) is 269 Å². The summed E-state index contributed by atoms with van der Waals surface area (Å²) in [6.45, 7) is 7.48. The van der Waals surface area contributed by atoms with E-state index in [0.717, 1.165) is 57.9 Å². The van der Waals surface area contributed by atoms with E-state index >= 15 is 0 Å². The van der Waals surface area contributed by atoms with Gasteiger partial charge in [0.2, 0.25) is 17.7 Å². The summed E-state index contributed by atoms with van der Waals surface area (Å²) in [6.07, 6.45) is 40.4. The lowest BCUT2D eigenvalue weighted by Gasteiger charge is -2.32. The lowest BCUT2D eigenvalue weighted by Crippen LogP contribution is -2.56. The van der Waals surface area contributed by atoms with Gasteiger partial charge in [-0.15, -0.1) is 0 Å². The average molecular weight is 885 g/mol. The Hall–Kier alpha value is -2.69. The molecule has 0 radical (unpaired) electrons. The maximum atomic E-state index is 14.0. The Morgan fingerprint density at radius 2 is 0.952 bits per heavy atom. The van der Waals surface area contributed by atoms with Gasteiger partial charge in [-0.1, -0.05) is 181 Å². The summed E-state index contributed by atoms with van der Waals surface area (Å²) in [5.74, 6) is -0.471. The molecule has 63 heavy (non-hydrogen) atoms. The number of hydrogen-bond donors (Lipinski definition) is 4. The molecule has 3 heterocycles. The topological polar surface area (TPSA) is 140 Å². The standard InChI is InChI=1S/C52H96N6O5/c1-3-5-7-9-11-13-15-17-19-21-23-25-27-29-39-54-48(59)38-37-44(50(61)55-40-30-28-26-24-22-20-18-16-14-12-10-8-6-4-2)56-52(63)58-43-33-36-47(58)49(60)46-35-32-42-57(46)51(62)45-34-31-41-53-45/h44-47,53H,3-43H2,1-2H3,(H,54,59)(H,55,61)(H,56,63). The second-order valence-corrected chi connectivity index (χ2v) is 19.5. The fourth-order valence-electron chi connectivity index (χ4n) is 10.0. The van der Waals surface area contributed by atoms with E-state index in [1.165, 1.54) is 148 Å². The number of hydrogen-bond acceptors (Lipinski definition) is 6. The van der Waals surface area contributed by atoms with Gasteiger partial charge < -0.3 is 31.1 Å². The van der Waals surface area contributed by atoms with Crippen LogP contribution in [0.2, 0.25) is 0 Å². The molecule has 0 aromatic carbocycles. The summed E-state index contributed by atoms with van der Waals surface area (Å²) in [7, 11) is 0. The van der Waals surface area contributed by atoms with Crippen LogP contribution in [0.25, 0.3) is 0 Å². The molecular formula is C52H96N6O5. The van der Waals surface area contributed by atoms with Crippen molar-refractivity contribution < 1.29 is 24.0 Å². The Morgan fingerprint density at radius 3 is 1.41 bits per heavy atom. The number of carbonyl (C=O) groups excluding carboxylic acids is 5. The van der Waals surface area contributed by atoms with Gasteiger partial charge in [0.1, 0.15) is 6.04 Å². The number of carbonyl (C=O) groups is 5. The minimum Gasteiger partial charge on any atom is -0.356 e. The number of nitrogens with one attached hydrogen (secondary N) is 4. The van der Waals surface area contributed by atoms with Crippen LogP contribution >= 0.6 is 0 Å². The molecule has 5 amide bonds. The first-order valence-electron chi connectivity index (χ1n) is 27.1. The first kappa shape index (κ1) is 54.6. The van der Waals surface area contributed by atoms with Gasteiger partial charge in [-0.3, -0.25) is 19.2 Å². The van der Waals surface area contributed by atoms with Crippen molar-refractivity contribution >= 4 is 29.5 Å². The van der Waals surface area contributed by atoms with Crippen molar-refractivity contribution in [2.24, 2.45) is 0 Å². The van der Waals surface area contributed by atoms with Crippen molar-refractivity contribution in [3.8, 4) is 0 Å². The minimum atomic E-state index is -0.884. The molecule has 11 nitrogen and oxygen atoms in total. The molecule has 3 saturated heterocycles. The Bertz CT molecular complexity index is 1240. The monoisotopic (exact) mass is 885 g/mol. The zero-order valence-electron chi connectivity index (χ0n) is 40.7. The number of Topliss-reactive ketones (excluding diaryl/α,β-unsaturated/α-hetero) is 1. The van der Waals surface area contributed by atoms with Gasteiger partial charge in [0.25, 0.3) is 0 Å². The number of urea groups is 1. The summed E-state index contributed by atoms with van der Waals surface area (Å²) in [5.41, 5.74) is 0. The van der Waals surface area contributed by atoms with E-state index in [1.807, 2.05) is 0 Å².